The third kappa shape index (κ3) is 30.0. The molecule has 228 valence electrons. The summed E-state index contributed by atoms with van der Waals surface area (Å²) >= 11 is 0. The number of para-hydroxylation sites is 6. The van der Waals surface area contributed by atoms with Gasteiger partial charge in [0.25, 0.3) is 0 Å². The van der Waals surface area contributed by atoms with Gasteiger partial charge >= 0.3 is 63.2 Å². The van der Waals surface area contributed by atoms with Crippen LogP contribution >= 0.6 is 0 Å². The van der Waals surface area contributed by atoms with Gasteiger partial charge in [0.1, 0.15) is 0 Å². The Morgan fingerprint density at radius 3 is 0.311 bits per heavy atom. The number of benzene rings is 6. The van der Waals surface area contributed by atoms with Crippen LogP contribution in [0.1, 0.15) is 0 Å². The molecular weight excluding hydrogens is 1080 g/mol. The van der Waals surface area contributed by atoms with Gasteiger partial charge in [0.15, 0.2) is 0 Å². The van der Waals surface area contributed by atoms with Crippen molar-refractivity contribution in [3.8, 4) is 34.5 Å². The van der Waals surface area contributed by atoms with Crippen LogP contribution in [-0.2, 0) is 63.2 Å². The largest absolute Gasteiger partial charge is 2.00 e. The van der Waals surface area contributed by atoms with E-state index in [1.165, 1.54) is 72.8 Å². The van der Waals surface area contributed by atoms with Crippen molar-refractivity contribution in [3.63, 3.8) is 0 Å². The summed E-state index contributed by atoms with van der Waals surface area (Å²) in [6.45, 7) is 0. The first kappa shape index (κ1) is 45.6. The smallest absolute Gasteiger partial charge is 0.872 e. The fourth-order valence-electron chi connectivity index (χ4n) is 2.52. The van der Waals surface area contributed by atoms with E-state index in [9.17, 15) is 30.6 Å². The quantitative estimate of drug-likeness (QED) is 0.219. The Labute approximate surface area is 308 Å². The zero-order valence-electron chi connectivity index (χ0n) is 24.0. The molecule has 0 aliphatic heterocycles. The third-order valence-electron chi connectivity index (χ3n) is 4.46. The Morgan fingerprint density at radius 2 is 0.267 bits per heavy atom. The predicted molar refractivity (Wildman–Crippen MR) is 155 cm³/mol. The summed E-state index contributed by atoms with van der Waals surface area (Å²) in [5, 5.41) is 61.6. The molecule has 6 rings (SSSR count). The van der Waals surface area contributed by atoms with E-state index >= 15 is 0 Å². The second-order valence-corrected chi connectivity index (χ2v) is 7.88. The minimum atomic E-state index is 0. The Hall–Kier alpha value is -3.82. The summed E-state index contributed by atoms with van der Waals surface area (Å²) in [6, 6.07) is 50.0. The first-order valence-corrected chi connectivity index (χ1v) is 12.7. The summed E-state index contributed by atoms with van der Waals surface area (Å²) in [7, 11) is 0. The molecule has 6 nitrogen and oxygen atoms in total. The van der Waals surface area contributed by atoms with Crippen LogP contribution in [0.4, 0.5) is 0 Å². The minimum absolute atomic E-state index is 0. The maximum absolute atomic E-state index is 10.3. The average molecular weight is 1110 g/mol. The molecule has 0 aromatic heterocycles. The normalized spacial score (nSPS) is 8.00. The van der Waals surface area contributed by atoms with Gasteiger partial charge in [-0.3, -0.25) is 0 Å². The SMILES string of the molecule is [O-]c1ccccc1.[O-]c1ccccc1.[O-]c1ccccc1.[O-]c1ccccc1.[O-]c1ccccc1.[O-]c1ccccc1.[W+2].[W+2].[W+2]. The number of rotatable bonds is 0. The van der Waals surface area contributed by atoms with E-state index in [0.717, 1.165) is 0 Å². The van der Waals surface area contributed by atoms with Crippen molar-refractivity contribution in [2.24, 2.45) is 0 Å². The first-order chi connectivity index (χ1) is 20.4. The van der Waals surface area contributed by atoms with Crippen LogP contribution in [0.2, 0.25) is 0 Å². The molecule has 0 amide bonds. The zero-order chi connectivity index (χ0) is 30.7. The summed E-state index contributed by atoms with van der Waals surface area (Å²) in [5.41, 5.74) is 0. The first-order valence-electron chi connectivity index (χ1n) is 12.7. The van der Waals surface area contributed by atoms with Crippen molar-refractivity contribution < 1.29 is 93.8 Å². The Balaban J connectivity index is -0.000000464. The Morgan fingerprint density at radius 1 is 0.178 bits per heavy atom. The van der Waals surface area contributed by atoms with Gasteiger partial charge in [-0.15, -0.1) is 34.5 Å². The Bertz CT molecular complexity index is 1110. The molecule has 0 saturated carbocycles. The standard InChI is InChI=1S/6C6H6O.3W/c6*7-6-4-2-1-3-5-6;;;/h6*1-5,7H;;;/q;;;;;;3*+2/p-6. The average Bonchev–Trinajstić information content (AvgIpc) is 3.01. The molecule has 0 unspecified atom stereocenters. The summed E-state index contributed by atoms with van der Waals surface area (Å²) < 4.78 is 0. The molecule has 6 aromatic carbocycles. The van der Waals surface area contributed by atoms with E-state index in [1.54, 1.807) is 72.8 Å². The molecule has 0 aliphatic carbocycles. The molecule has 0 spiro atoms. The molecule has 0 radical (unpaired) electrons. The van der Waals surface area contributed by atoms with Gasteiger partial charge in [0, 0.05) is 0 Å². The van der Waals surface area contributed by atoms with E-state index < -0.39 is 0 Å². The third-order valence-corrected chi connectivity index (χ3v) is 4.46. The summed E-state index contributed by atoms with van der Waals surface area (Å²) in [4.78, 5) is 0. The van der Waals surface area contributed by atoms with Gasteiger partial charge in [0.05, 0.1) is 0 Å². The molecule has 0 heterocycles. The molecule has 6 aromatic rings. The van der Waals surface area contributed by atoms with E-state index in [-0.39, 0.29) is 97.7 Å². The van der Waals surface area contributed by atoms with Crippen LogP contribution in [0, 0.1) is 0 Å². The van der Waals surface area contributed by atoms with Crippen molar-refractivity contribution in [2.75, 3.05) is 0 Å². The van der Waals surface area contributed by atoms with Gasteiger partial charge in [0.2, 0.25) is 0 Å². The summed E-state index contributed by atoms with van der Waals surface area (Å²) in [5.74, 6) is 0.431. The van der Waals surface area contributed by atoms with Gasteiger partial charge in [-0.05, 0) is 0 Å². The predicted octanol–water partition coefficient (Wildman–Crippen LogP) is 4.55. The minimum Gasteiger partial charge on any atom is -0.872 e. The van der Waals surface area contributed by atoms with E-state index in [0.29, 0.717) is 0 Å². The molecular formula is C36H30O6W3. The fraction of sp³-hybridized carbons (Fsp3) is 0. The van der Waals surface area contributed by atoms with Gasteiger partial charge in [-0.2, -0.15) is 0 Å². The number of hydrogen-bond donors (Lipinski definition) is 0. The van der Waals surface area contributed by atoms with Crippen molar-refractivity contribution in [2.45, 2.75) is 0 Å². The summed E-state index contributed by atoms with van der Waals surface area (Å²) in [6.07, 6.45) is 0. The van der Waals surface area contributed by atoms with Crippen LogP contribution in [0.3, 0.4) is 0 Å². The maximum atomic E-state index is 10.3. The van der Waals surface area contributed by atoms with Crippen LogP contribution in [0.25, 0.3) is 0 Å². The molecule has 0 fully saturated rings. The molecule has 45 heavy (non-hydrogen) atoms. The van der Waals surface area contributed by atoms with Gasteiger partial charge < -0.3 is 30.6 Å². The van der Waals surface area contributed by atoms with E-state index in [1.807, 2.05) is 36.4 Å². The van der Waals surface area contributed by atoms with Gasteiger partial charge in [-0.25, -0.2) is 0 Å². The molecule has 9 heteroatoms. The maximum Gasteiger partial charge on any atom is 2.00 e. The molecule has 0 N–H and O–H groups in total. The molecule has 0 bridgehead atoms. The monoisotopic (exact) mass is 1110 g/mol. The second-order valence-electron chi connectivity index (χ2n) is 7.88. The fourth-order valence-corrected chi connectivity index (χ4v) is 2.52. The van der Waals surface area contributed by atoms with E-state index in [2.05, 4.69) is 0 Å². The molecule has 0 aliphatic rings. The van der Waals surface area contributed by atoms with Crippen molar-refractivity contribution in [3.05, 3.63) is 182 Å². The zero-order valence-corrected chi connectivity index (χ0v) is 32.8. The van der Waals surface area contributed by atoms with E-state index in [4.69, 9.17) is 0 Å². The molecule has 0 saturated heterocycles. The van der Waals surface area contributed by atoms with Crippen molar-refractivity contribution in [1.82, 2.24) is 0 Å². The van der Waals surface area contributed by atoms with Crippen molar-refractivity contribution >= 4 is 0 Å². The van der Waals surface area contributed by atoms with Crippen LogP contribution in [-0.4, -0.2) is 0 Å². The Kier molecular flexibility index (Phi) is 32.0. The van der Waals surface area contributed by atoms with Crippen molar-refractivity contribution in [1.29, 1.82) is 0 Å². The van der Waals surface area contributed by atoms with Crippen LogP contribution < -0.4 is 30.6 Å². The van der Waals surface area contributed by atoms with Crippen LogP contribution in [0.5, 0.6) is 34.5 Å². The topological polar surface area (TPSA) is 138 Å². The van der Waals surface area contributed by atoms with Crippen LogP contribution in [0.15, 0.2) is 182 Å². The molecule has 0 atom stereocenters. The van der Waals surface area contributed by atoms with Gasteiger partial charge in [-0.1, -0.05) is 182 Å². The number of hydrogen-bond acceptors (Lipinski definition) is 6. The second kappa shape index (κ2) is 31.6.